The molecule has 3 aliphatic rings. The molecule has 0 aliphatic carbocycles. The first kappa shape index (κ1) is 14.0. The van der Waals surface area contributed by atoms with Gasteiger partial charge in [0.2, 0.25) is 0 Å². The highest BCUT2D eigenvalue weighted by Gasteiger charge is 2.48. The molecule has 21 heavy (non-hydrogen) atoms. The minimum absolute atomic E-state index is 0.00566. The summed E-state index contributed by atoms with van der Waals surface area (Å²) in [5.41, 5.74) is -1.11. The summed E-state index contributed by atoms with van der Waals surface area (Å²) in [6.45, 7) is 4.04. The minimum atomic E-state index is -1.11. The first-order chi connectivity index (χ1) is 9.93. The van der Waals surface area contributed by atoms with Gasteiger partial charge in [0.05, 0.1) is 6.04 Å². The Morgan fingerprint density at radius 1 is 1.33 bits per heavy atom. The molecule has 3 rings (SSSR count). The predicted molar refractivity (Wildman–Crippen MR) is 72.8 cm³/mol. The maximum Gasteiger partial charge on any atom is 0.329 e. The molecule has 3 aliphatic heterocycles. The second-order valence-electron chi connectivity index (χ2n) is 6.10. The average Bonchev–Trinajstić information content (AvgIpc) is 3.03. The number of carbonyl (C=O) groups is 3. The van der Waals surface area contributed by atoms with Crippen LogP contribution in [0.3, 0.4) is 0 Å². The number of urea groups is 2. The Kier molecular flexibility index (Phi) is 3.18. The largest absolute Gasteiger partial charge is 0.480 e. The fourth-order valence-corrected chi connectivity index (χ4v) is 3.44. The van der Waals surface area contributed by atoms with Crippen LogP contribution in [-0.4, -0.2) is 82.1 Å². The number of hydrogen-bond donors (Lipinski definition) is 2. The van der Waals surface area contributed by atoms with Crippen LogP contribution in [0.5, 0.6) is 0 Å². The van der Waals surface area contributed by atoms with Crippen LogP contribution in [-0.2, 0) is 4.79 Å². The van der Waals surface area contributed by atoms with Crippen LogP contribution < -0.4 is 5.32 Å². The number of amides is 4. The van der Waals surface area contributed by atoms with E-state index < -0.39 is 11.5 Å². The van der Waals surface area contributed by atoms with E-state index in [1.54, 1.807) is 16.7 Å². The Hall–Kier alpha value is -1.99. The van der Waals surface area contributed by atoms with Gasteiger partial charge in [-0.15, -0.1) is 0 Å². The van der Waals surface area contributed by atoms with Gasteiger partial charge in [-0.05, 0) is 19.8 Å². The van der Waals surface area contributed by atoms with Gasteiger partial charge in [-0.1, -0.05) is 0 Å². The molecule has 0 saturated carbocycles. The van der Waals surface area contributed by atoms with Crippen LogP contribution >= 0.6 is 0 Å². The number of rotatable bonds is 1. The molecule has 8 nitrogen and oxygen atoms in total. The molecule has 0 spiro atoms. The zero-order valence-corrected chi connectivity index (χ0v) is 12.0. The third kappa shape index (κ3) is 2.09. The molecule has 3 saturated heterocycles. The Morgan fingerprint density at radius 2 is 2.10 bits per heavy atom. The van der Waals surface area contributed by atoms with E-state index in [2.05, 4.69) is 5.32 Å². The fraction of sp³-hybridized carbons (Fsp3) is 0.769. The zero-order valence-electron chi connectivity index (χ0n) is 12.0. The third-order valence-corrected chi connectivity index (χ3v) is 4.84. The number of nitrogens with zero attached hydrogens (tertiary/aromatic N) is 3. The molecular formula is C13H20N4O4. The molecule has 3 fully saturated rings. The highest BCUT2D eigenvalue weighted by atomic mass is 16.4. The Morgan fingerprint density at radius 3 is 2.81 bits per heavy atom. The summed E-state index contributed by atoms with van der Waals surface area (Å²) >= 11 is 0. The van der Waals surface area contributed by atoms with Gasteiger partial charge < -0.3 is 25.1 Å². The molecule has 0 aromatic carbocycles. The van der Waals surface area contributed by atoms with Gasteiger partial charge in [-0.25, -0.2) is 14.4 Å². The van der Waals surface area contributed by atoms with Crippen molar-refractivity contribution in [1.82, 2.24) is 20.0 Å². The maximum absolute atomic E-state index is 12.7. The molecule has 0 radical (unpaired) electrons. The van der Waals surface area contributed by atoms with Crippen LogP contribution in [0, 0.1) is 0 Å². The summed E-state index contributed by atoms with van der Waals surface area (Å²) in [6.07, 6.45) is 1.19. The van der Waals surface area contributed by atoms with Crippen LogP contribution in [0.15, 0.2) is 0 Å². The van der Waals surface area contributed by atoms with Crippen molar-refractivity contribution < 1.29 is 19.5 Å². The van der Waals surface area contributed by atoms with E-state index in [1.807, 2.05) is 0 Å². The molecule has 0 aromatic rings. The lowest BCUT2D eigenvalue weighted by molar-refractivity contribution is -0.147. The van der Waals surface area contributed by atoms with E-state index in [1.165, 1.54) is 4.90 Å². The topological polar surface area (TPSA) is 93.2 Å². The smallest absolute Gasteiger partial charge is 0.329 e. The van der Waals surface area contributed by atoms with E-state index in [9.17, 15) is 19.5 Å². The molecule has 3 heterocycles. The highest BCUT2D eigenvalue weighted by molar-refractivity contribution is 5.87. The number of piperazine rings is 1. The first-order valence-corrected chi connectivity index (χ1v) is 7.28. The monoisotopic (exact) mass is 296 g/mol. The van der Waals surface area contributed by atoms with Crippen LogP contribution in [0.4, 0.5) is 9.59 Å². The maximum atomic E-state index is 12.7. The quantitative estimate of drug-likeness (QED) is 0.698. The Labute approximate surface area is 122 Å². The summed E-state index contributed by atoms with van der Waals surface area (Å²) in [6, 6.07) is -0.311. The molecule has 2 atom stereocenters. The van der Waals surface area contributed by atoms with Gasteiger partial charge in [0, 0.05) is 32.7 Å². The van der Waals surface area contributed by atoms with Crippen molar-refractivity contribution in [1.29, 1.82) is 0 Å². The number of likely N-dealkylation sites (tertiary alicyclic amines) is 1. The number of aliphatic carboxylic acids is 1. The van der Waals surface area contributed by atoms with E-state index in [0.29, 0.717) is 45.6 Å². The molecule has 2 N–H and O–H groups in total. The van der Waals surface area contributed by atoms with Crippen molar-refractivity contribution in [2.24, 2.45) is 0 Å². The van der Waals surface area contributed by atoms with Crippen molar-refractivity contribution in [2.75, 3.05) is 32.7 Å². The fourth-order valence-electron chi connectivity index (χ4n) is 3.44. The molecule has 0 aromatic heterocycles. The van der Waals surface area contributed by atoms with Crippen LogP contribution in [0.25, 0.3) is 0 Å². The molecule has 116 valence electrons. The van der Waals surface area contributed by atoms with Gasteiger partial charge in [0.15, 0.2) is 0 Å². The summed E-state index contributed by atoms with van der Waals surface area (Å²) in [7, 11) is 0. The predicted octanol–water partition coefficient (Wildman–Crippen LogP) is -0.245. The van der Waals surface area contributed by atoms with Gasteiger partial charge in [0.25, 0.3) is 0 Å². The number of nitrogens with one attached hydrogen (secondary N) is 1. The van der Waals surface area contributed by atoms with Crippen molar-refractivity contribution in [3.63, 3.8) is 0 Å². The number of hydrogen-bond acceptors (Lipinski definition) is 3. The van der Waals surface area contributed by atoms with Crippen LogP contribution in [0.1, 0.15) is 19.8 Å². The van der Waals surface area contributed by atoms with Crippen molar-refractivity contribution in [2.45, 2.75) is 31.3 Å². The SMILES string of the molecule is CC1(C(=O)O)CCCN1C(=O)N1CCN2C(=O)NCC2C1. The second-order valence-corrected chi connectivity index (χ2v) is 6.10. The van der Waals surface area contributed by atoms with Gasteiger partial charge in [-0.3, -0.25) is 0 Å². The zero-order chi connectivity index (χ0) is 15.2. The normalized spacial score (nSPS) is 32.1. The summed E-state index contributed by atoms with van der Waals surface area (Å²) in [5.74, 6) is -0.954. The Bertz CT molecular complexity index is 497. The lowest BCUT2D eigenvalue weighted by Crippen LogP contribution is -2.60. The lowest BCUT2D eigenvalue weighted by Gasteiger charge is -2.41. The summed E-state index contributed by atoms with van der Waals surface area (Å²) in [4.78, 5) is 40.6. The standard InChI is InChI=1S/C13H20N4O4/c1-13(10(18)19)3-2-4-17(13)12(21)15-5-6-16-9(8-15)7-14-11(16)20/h9H,2-8H2,1H3,(H,14,20)(H,18,19). The van der Waals surface area contributed by atoms with Gasteiger partial charge in [0.1, 0.15) is 5.54 Å². The van der Waals surface area contributed by atoms with Crippen molar-refractivity contribution in [3.8, 4) is 0 Å². The number of fused-ring (bicyclic) bond motifs is 1. The lowest BCUT2D eigenvalue weighted by atomic mass is 9.99. The molecule has 8 heteroatoms. The summed E-state index contributed by atoms with van der Waals surface area (Å²) < 4.78 is 0. The number of carbonyl (C=O) groups excluding carboxylic acids is 2. The highest BCUT2D eigenvalue weighted by Crippen LogP contribution is 2.31. The van der Waals surface area contributed by atoms with Gasteiger partial charge >= 0.3 is 18.0 Å². The molecule has 4 amide bonds. The average molecular weight is 296 g/mol. The van der Waals surface area contributed by atoms with E-state index >= 15 is 0 Å². The number of carboxylic acid groups (broad SMARTS) is 1. The van der Waals surface area contributed by atoms with E-state index in [4.69, 9.17) is 0 Å². The Balaban J connectivity index is 1.71. The van der Waals surface area contributed by atoms with Crippen molar-refractivity contribution >= 4 is 18.0 Å². The molecular weight excluding hydrogens is 276 g/mol. The molecule has 0 bridgehead atoms. The second kappa shape index (κ2) is 4.78. The van der Waals surface area contributed by atoms with E-state index in [0.717, 1.165) is 0 Å². The number of carboxylic acids is 1. The van der Waals surface area contributed by atoms with E-state index in [-0.39, 0.29) is 18.1 Å². The minimum Gasteiger partial charge on any atom is -0.480 e. The van der Waals surface area contributed by atoms with Crippen molar-refractivity contribution in [3.05, 3.63) is 0 Å². The van der Waals surface area contributed by atoms with Gasteiger partial charge in [-0.2, -0.15) is 0 Å². The first-order valence-electron chi connectivity index (χ1n) is 7.28. The molecule has 2 unspecified atom stereocenters. The summed E-state index contributed by atoms with van der Waals surface area (Å²) in [5, 5.41) is 12.2. The third-order valence-electron chi connectivity index (χ3n) is 4.84. The van der Waals surface area contributed by atoms with Crippen LogP contribution in [0.2, 0.25) is 0 Å².